The van der Waals surface area contributed by atoms with Crippen LogP contribution in [-0.2, 0) is 11.3 Å². The Kier molecular flexibility index (Phi) is 5.43. The Morgan fingerprint density at radius 1 is 1.12 bits per heavy atom. The Morgan fingerprint density at radius 3 is 2.54 bits per heavy atom. The molecule has 1 aliphatic rings. The molecule has 1 saturated heterocycles. The van der Waals surface area contributed by atoms with Gasteiger partial charge in [0.1, 0.15) is 11.6 Å². The molecule has 0 atom stereocenters. The van der Waals surface area contributed by atoms with Crippen molar-refractivity contribution in [2.24, 2.45) is 0 Å². The van der Waals surface area contributed by atoms with Crippen LogP contribution in [0.5, 0.6) is 5.75 Å². The van der Waals surface area contributed by atoms with Gasteiger partial charge in [0.15, 0.2) is 6.61 Å². The SMILES string of the molecule is O=C(COc1ccc(F)cc1)N1CCN(CCn2cccn2)CC1. The minimum absolute atomic E-state index is 0.0150. The van der Waals surface area contributed by atoms with Gasteiger partial charge in [0.2, 0.25) is 0 Å². The second-order valence-corrected chi connectivity index (χ2v) is 5.73. The Balaban J connectivity index is 1.37. The monoisotopic (exact) mass is 332 g/mol. The van der Waals surface area contributed by atoms with E-state index in [2.05, 4.69) is 10.00 Å². The summed E-state index contributed by atoms with van der Waals surface area (Å²) in [7, 11) is 0. The predicted molar refractivity (Wildman–Crippen MR) is 87.1 cm³/mol. The molecule has 128 valence electrons. The summed E-state index contributed by atoms with van der Waals surface area (Å²) in [6.07, 6.45) is 3.73. The van der Waals surface area contributed by atoms with E-state index < -0.39 is 0 Å². The van der Waals surface area contributed by atoms with E-state index in [0.717, 1.165) is 26.2 Å². The number of rotatable bonds is 6. The number of ether oxygens (including phenoxy) is 1. The van der Waals surface area contributed by atoms with Crippen LogP contribution in [0.2, 0.25) is 0 Å². The summed E-state index contributed by atoms with van der Waals surface area (Å²) in [5.41, 5.74) is 0. The number of carbonyl (C=O) groups is 1. The maximum Gasteiger partial charge on any atom is 0.260 e. The zero-order valence-corrected chi connectivity index (χ0v) is 13.5. The number of halogens is 1. The average Bonchev–Trinajstić information content (AvgIpc) is 3.13. The molecule has 0 aliphatic carbocycles. The number of carbonyl (C=O) groups excluding carboxylic acids is 1. The molecule has 1 aliphatic heterocycles. The van der Waals surface area contributed by atoms with E-state index in [1.54, 1.807) is 6.20 Å². The van der Waals surface area contributed by atoms with E-state index in [9.17, 15) is 9.18 Å². The Morgan fingerprint density at radius 2 is 1.88 bits per heavy atom. The predicted octanol–water partition coefficient (Wildman–Crippen LogP) is 1.25. The Labute approximate surface area is 140 Å². The third kappa shape index (κ3) is 4.55. The van der Waals surface area contributed by atoms with Crippen molar-refractivity contribution >= 4 is 5.91 Å². The van der Waals surface area contributed by atoms with E-state index >= 15 is 0 Å². The van der Waals surface area contributed by atoms with Crippen LogP contribution < -0.4 is 4.74 Å². The minimum Gasteiger partial charge on any atom is -0.484 e. The van der Waals surface area contributed by atoms with Crippen molar-refractivity contribution in [1.82, 2.24) is 19.6 Å². The molecule has 0 N–H and O–H groups in total. The largest absolute Gasteiger partial charge is 0.484 e. The highest BCUT2D eigenvalue weighted by atomic mass is 19.1. The highest BCUT2D eigenvalue weighted by Gasteiger charge is 2.21. The van der Waals surface area contributed by atoms with Crippen LogP contribution in [0.3, 0.4) is 0 Å². The lowest BCUT2D eigenvalue weighted by atomic mass is 10.3. The smallest absolute Gasteiger partial charge is 0.260 e. The van der Waals surface area contributed by atoms with E-state index in [4.69, 9.17) is 4.74 Å². The van der Waals surface area contributed by atoms with Gasteiger partial charge in [-0.2, -0.15) is 5.10 Å². The highest BCUT2D eigenvalue weighted by Crippen LogP contribution is 2.11. The zero-order valence-electron chi connectivity index (χ0n) is 13.5. The van der Waals surface area contributed by atoms with Crippen molar-refractivity contribution < 1.29 is 13.9 Å². The molecule has 3 rings (SSSR count). The van der Waals surface area contributed by atoms with Gasteiger partial charge in [0, 0.05) is 45.1 Å². The second kappa shape index (κ2) is 7.92. The first kappa shape index (κ1) is 16.4. The number of hydrogen-bond acceptors (Lipinski definition) is 4. The highest BCUT2D eigenvalue weighted by molar-refractivity contribution is 5.77. The average molecular weight is 332 g/mol. The molecule has 2 aromatic rings. The lowest BCUT2D eigenvalue weighted by Crippen LogP contribution is -2.50. The summed E-state index contributed by atoms with van der Waals surface area (Å²) in [4.78, 5) is 16.3. The Bertz CT molecular complexity index is 637. The third-order valence-corrected chi connectivity index (χ3v) is 4.11. The number of aromatic nitrogens is 2. The van der Waals surface area contributed by atoms with Gasteiger partial charge < -0.3 is 9.64 Å². The van der Waals surface area contributed by atoms with Gasteiger partial charge in [0.05, 0.1) is 6.54 Å². The van der Waals surface area contributed by atoms with Crippen LogP contribution in [0.4, 0.5) is 4.39 Å². The van der Waals surface area contributed by atoms with Gasteiger partial charge in [-0.05, 0) is 30.3 Å². The second-order valence-electron chi connectivity index (χ2n) is 5.73. The van der Waals surface area contributed by atoms with Crippen LogP contribution in [0, 0.1) is 5.82 Å². The molecular weight excluding hydrogens is 311 g/mol. The molecule has 1 aromatic heterocycles. The number of benzene rings is 1. The summed E-state index contributed by atoms with van der Waals surface area (Å²) < 4.78 is 20.2. The minimum atomic E-state index is -0.320. The molecule has 24 heavy (non-hydrogen) atoms. The quantitative estimate of drug-likeness (QED) is 0.799. The molecule has 1 aromatic carbocycles. The molecule has 2 heterocycles. The van der Waals surface area contributed by atoms with Crippen molar-refractivity contribution in [3.63, 3.8) is 0 Å². The molecule has 0 unspecified atom stereocenters. The number of amides is 1. The molecule has 0 bridgehead atoms. The number of hydrogen-bond donors (Lipinski definition) is 0. The van der Waals surface area contributed by atoms with Crippen molar-refractivity contribution in [1.29, 1.82) is 0 Å². The van der Waals surface area contributed by atoms with Gasteiger partial charge in [0.25, 0.3) is 5.91 Å². The molecular formula is C17H21FN4O2. The Hall–Kier alpha value is -2.41. The van der Waals surface area contributed by atoms with Crippen LogP contribution in [0.1, 0.15) is 0 Å². The molecule has 7 heteroatoms. The standard InChI is InChI=1S/C17H21FN4O2/c18-15-2-4-16(5-3-15)24-14-17(23)21-11-8-20(9-12-21)10-13-22-7-1-6-19-22/h1-7H,8-14H2. The zero-order chi connectivity index (χ0) is 16.8. The normalized spacial score (nSPS) is 15.5. The number of piperazine rings is 1. The maximum atomic E-state index is 12.8. The van der Waals surface area contributed by atoms with Crippen molar-refractivity contribution in [3.05, 3.63) is 48.5 Å². The molecule has 0 spiro atoms. The van der Waals surface area contributed by atoms with Gasteiger partial charge >= 0.3 is 0 Å². The molecule has 0 saturated carbocycles. The lowest BCUT2D eigenvalue weighted by molar-refractivity contribution is -0.135. The van der Waals surface area contributed by atoms with Gasteiger partial charge in [-0.3, -0.25) is 14.4 Å². The van der Waals surface area contributed by atoms with Gasteiger partial charge in [-0.15, -0.1) is 0 Å². The van der Waals surface area contributed by atoms with E-state index in [1.807, 2.05) is 21.8 Å². The fourth-order valence-electron chi connectivity index (χ4n) is 2.66. The van der Waals surface area contributed by atoms with E-state index in [1.165, 1.54) is 24.3 Å². The lowest BCUT2D eigenvalue weighted by Gasteiger charge is -2.34. The molecule has 6 nitrogen and oxygen atoms in total. The molecule has 0 radical (unpaired) electrons. The van der Waals surface area contributed by atoms with Crippen molar-refractivity contribution in [2.45, 2.75) is 6.54 Å². The van der Waals surface area contributed by atoms with Crippen LogP contribution in [0.15, 0.2) is 42.7 Å². The van der Waals surface area contributed by atoms with Gasteiger partial charge in [-0.1, -0.05) is 0 Å². The topological polar surface area (TPSA) is 50.6 Å². The maximum absolute atomic E-state index is 12.8. The van der Waals surface area contributed by atoms with E-state index in [0.29, 0.717) is 18.8 Å². The van der Waals surface area contributed by atoms with Gasteiger partial charge in [-0.25, -0.2) is 4.39 Å². The fraction of sp³-hybridized carbons (Fsp3) is 0.412. The summed E-state index contributed by atoms with van der Waals surface area (Å²) in [5.74, 6) is 0.147. The summed E-state index contributed by atoms with van der Waals surface area (Å²) in [6.45, 7) is 4.87. The van der Waals surface area contributed by atoms with Crippen LogP contribution in [0.25, 0.3) is 0 Å². The third-order valence-electron chi connectivity index (χ3n) is 4.11. The first-order valence-electron chi connectivity index (χ1n) is 8.06. The van der Waals surface area contributed by atoms with Crippen LogP contribution >= 0.6 is 0 Å². The summed E-state index contributed by atoms with van der Waals surface area (Å²) in [6, 6.07) is 7.60. The summed E-state index contributed by atoms with van der Waals surface area (Å²) in [5, 5.41) is 4.19. The number of nitrogens with zero attached hydrogens (tertiary/aromatic N) is 4. The molecule has 1 fully saturated rings. The van der Waals surface area contributed by atoms with Crippen LogP contribution in [-0.4, -0.2) is 64.8 Å². The van der Waals surface area contributed by atoms with Crippen molar-refractivity contribution in [3.8, 4) is 5.75 Å². The fourth-order valence-corrected chi connectivity index (χ4v) is 2.66. The first-order valence-corrected chi connectivity index (χ1v) is 8.06. The summed E-state index contributed by atoms with van der Waals surface area (Å²) >= 11 is 0. The first-order chi connectivity index (χ1) is 11.7. The van der Waals surface area contributed by atoms with Crippen molar-refractivity contribution in [2.75, 3.05) is 39.3 Å². The van der Waals surface area contributed by atoms with E-state index in [-0.39, 0.29) is 18.3 Å². The molecule has 1 amide bonds.